The van der Waals surface area contributed by atoms with Crippen molar-refractivity contribution in [1.29, 1.82) is 0 Å². The number of amides is 1. The van der Waals surface area contributed by atoms with E-state index in [0.717, 1.165) is 0 Å². The molecule has 6 nitrogen and oxygen atoms in total. The Balaban J connectivity index is 1.48. The molecule has 1 aliphatic carbocycles. The Morgan fingerprint density at radius 3 is 2.73 bits per heavy atom. The lowest BCUT2D eigenvalue weighted by Gasteiger charge is -2.30. The molecule has 1 aliphatic rings. The molecule has 1 fully saturated rings. The topological polar surface area (TPSA) is 77.2 Å². The van der Waals surface area contributed by atoms with Crippen LogP contribution in [-0.2, 0) is 4.79 Å². The van der Waals surface area contributed by atoms with Gasteiger partial charge in [-0.05, 0) is 31.4 Å². The molecule has 2 atom stereocenters. The molecule has 140 valence electrons. The number of carbonyl (C=O) groups excluding carboxylic acids is 1. The van der Waals surface area contributed by atoms with E-state index in [1.807, 2.05) is 18.2 Å². The van der Waals surface area contributed by atoms with Crippen LogP contribution in [0.3, 0.4) is 0 Å². The number of ether oxygens (including phenoxy) is 1. The summed E-state index contributed by atoms with van der Waals surface area (Å²) in [5.41, 5.74) is 0.708. The van der Waals surface area contributed by atoms with Crippen LogP contribution in [0.15, 0.2) is 34.7 Å². The zero-order chi connectivity index (χ0) is 18.6. The Bertz CT molecular complexity index is 734. The fourth-order valence-corrected chi connectivity index (χ4v) is 2.98. The summed E-state index contributed by atoms with van der Waals surface area (Å²) in [5, 5.41) is 10.1. The highest BCUT2D eigenvalue weighted by Crippen LogP contribution is 2.37. The summed E-state index contributed by atoms with van der Waals surface area (Å²) in [7, 11) is 0. The van der Waals surface area contributed by atoms with Crippen LogP contribution in [0.5, 0.6) is 6.08 Å². The SMILES string of the molecule is O=C(COc1nnc(-c2ccccc2)o1)N[C@@H]1CCC[C@@H](C(F)(F)F)C1. The number of benzene rings is 1. The molecule has 1 aromatic heterocycles. The molecule has 0 saturated heterocycles. The van der Waals surface area contributed by atoms with Crippen molar-refractivity contribution in [2.24, 2.45) is 5.92 Å². The Kier molecular flexibility index (Phi) is 5.43. The van der Waals surface area contributed by atoms with Crippen LogP contribution in [0.2, 0.25) is 0 Å². The number of carbonyl (C=O) groups is 1. The van der Waals surface area contributed by atoms with E-state index in [9.17, 15) is 18.0 Å². The Morgan fingerprint density at radius 2 is 2.00 bits per heavy atom. The van der Waals surface area contributed by atoms with E-state index < -0.39 is 30.7 Å². The van der Waals surface area contributed by atoms with Crippen molar-refractivity contribution < 1.29 is 27.1 Å². The summed E-state index contributed by atoms with van der Waals surface area (Å²) in [6.45, 7) is -0.399. The lowest BCUT2D eigenvalue weighted by atomic mass is 9.85. The third kappa shape index (κ3) is 4.74. The van der Waals surface area contributed by atoms with Gasteiger partial charge in [-0.3, -0.25) is 4.79 Å². The van der Waals surface area contributed by atoms with Crippen molar-refractivity contribution in [2.45, 2.75) is 37.9 Å². The van der Waals surface area contributed by atoms with Crippen molar-refractivity contribution >= 4 is 5.91 Å². The molecule has 0 radical (unpaired) electrons. The summed E-state index contributed by atoms with van der Waals surface area (Å²) in [5.74, 6) is -1.63. The fourth-order valence-electron chi connectivity index (χ4n) is 2.98. The van der Waals surface area contributed by atoms with Gasteiger partial charge in [0.2, 0.25) is 0 Å². The maximum Gasteiger partial charge on any atom is 0.415 e. The van der Waals surface area contributed by atoms with Gasteiger partial charge in [-0.1, -0.05) is 29.7 Å². The number of aromatic nitrogens is 2. The molecule has 1 N–H and O–H groups in total. The van der Waals surface area contributed by atoms with Crippen molar-refractivity contribution in [3.8, 4) is 17.5 Å². The largest absolute Gasteiger partial charge is 0.439 e. The van der Waals surface area contributed by atoms with Gasteiger partial charge in [0.1, 0.15) is 0 Å². The number of hydrogen-bond donors (Lipinski definition) is 1. The summed E-state index contributed by atoms with van der Waals surface area (Å²) < 4.78 is 48.8. The molecule has 0 unspecified atom stereocenters. The van der Waals surface area contributed by atoms with E-state index in [1.165, 1.54) is 0 Å². The quantitative estimate of drug-likeness (QED) is 0.875. The van der Waals surface area contributed by atoms with Gasteiger partial charge in [0.25, 0.3) is 11.8 Å². The van der Waals surface area contributed by atoms with Crippen molar-refractivity contribution in [3.05, 3.63) is 30.3 Å². The molecule has 0 spiro atoms. The average Bonchev–Trinajstić information content (AvgIpc) is 3.09. The Labute approximate surface area is 147 Å². The first-order chi connectivity index (χ1) is 12.4. The van der Waals surface area contributed by atoms with E-state index in [-0.39, 0.29) is 24.8 Å². The molecule has 9 heteroatoms. The molecule has 3 rings (SSSR count). The van der Waals surface area contributed by atoms with Gasteiger partial charge in [0, 0.05) is 11.6 Å². The highest BCUT2D eigenvalue weighted by Gasteiger charge is 2.42. The lowest BCUT2D eigenvalue weighted by Crippen LogP contribution is -2.43. The molecule has 1 aromatic carbocycles. The van der Waals surface area contributed by atoms with E-state index in [1.54, 1.807) is 12.1 Å². The maximum atomic E-state index is 12.8. The molecular weight excluding hydrogens is 351 g/mol. The average molecular weight is 369 g/mol. The Morgan fingerprint density at radius 1 is 1.23 bits per heavy atom. The number of nitrogens with one attached hydrogen (secondary N) is 1. The molecule has 1 saturated carbocycles. The highest BCUT2D eigenvalue weighted by atomic mass is 19.4. The van der Waals surface area contributed by atoms with E-state index >= 15 is 0 Å². The molecule has 0 aliphatic heterocycles. The van der Waals surface area contributed by atoms with Crippen LogP contribution in [-0.4, -0.2) is 34.9 Å². The standard InChI is InChI=1S/C17H18F3N3O3/c18-17(19,20)12-7-4-8-13(9-12)21-14(24)10-25-16-23-22-15(26-16)11-5-2-1-3-6-11/h1-3,5-6,12-13H,4,7-10H2,(H,21,24)/t12-,13-/m1/s1. The first-order valence-electron chi connectivity index (χ1n) is 8.29. The summed E-state index contributed by atoms with van der Waals surface area (Å²) in [4.78, 5) is 11.9. The van der Waals surface area contributed by atoms with Crippen molar-refractivity contribution in [2.75, 3.05) is 6.61 Å². The number of hydrogen-bond acceptors (Lipinski definition) is 5. The van der Waals surface area contributed by atoms with E-state index in [0.29, 0.717) is 18.4 Å². The molecular formula is C17H18F3N3O3. The maximum absolute atomic E-state index is 12.8. The van der Waals surface area contributed by atoms with Gasteiger partial charge in [-0.2, -0.15) is 13.2 Å². The van der Waals surface area contributed by atoms with Gasteiger partial charge in [0.05, 0.1) is 5.92 Å². The molecule has 1 amide bonds. The second-order valence-corrected chi connectivity index (χ2v) is 6.20. The Hall–Kier alpha value is -2.58. The summed E-state index contributed by atoms with van der Waals surface area (Å²) in [6, 6.07) is 8.52. The second kappa shape index (κ2) is 7.76. The van der Waals surface area contributed by atoms with Crippen LogP contribution in [0, 0.1) is 5.92 Å². The van der Waals surface area contributed by atoms with Crippen molar-refractivity contribution in [3.63, 3.8) is 0 Å². The van der Waals surface area contributed by atoms with Gasteiger partial charge in [-0.15, -0.1) is 5.10 Å². The smallest absolute Gasteiger partial charge is 0.415 e. The molecule has 2 aromatic rings. The zero-order valence-corrected chi connectivity index (χ0v) is 13.8. The van der Waals surface area contributed by atoms with Crippen LogP contribution < -0.4 is 10.1 Å². The zero-order valence-electron chi connectivity index (χ0n) is 13.8. The first kappa shape index (κ1) is 18.2. The van der Waals surface area contributed by atoms with E-state index in [4.69, 9.17) is 9.15 Å². The van der Waals surface area contributed by atoms with Gasteiger partial charge in [0.15, 0.2) is 6.61 Å². The molecule has 26 heavy (non-hydrogen) atoms. The molecule has 0 bridgehead atoms. The van der Waals surface area contributed by atoms with E-state index in [2.05, 4.69) is 15.5 Å². The third-order valence-electron chi connectivity index (χ3n) is 4.26. The number of rotatable bonds is 5. The summed E-state index contributed by atoms with van der Waals surface area (Å²) in [6.07, 6.45) is -3.44. The fraction of sp³-hybridized carbons (Fsp3) is 0.471. The number of halogens is 3. The minimum atomic E-state index is -4.22. The van der Waals surface area contributed by atoms with Gasteiger partial charge in [-0.25, -0.2) is 0 Å². The monoisotopic (exact) mass is 369 g/mol. The van der Waals surface area contributed by atoms with Crippen LogP contribution in [0.25, 0.3) is 11.5 Å². The summed E-state index contributed by atoms with van der Waals surface area (Å²) >= 11 is 0. The van der Waals surface area contributed by atoms with Crippen LogP contribution >= 0.6 is 0 Å². The van der Waals surface area contributed by atoms with Gasteiger partial charge >= 0.3 is 12.3 Å². The van der Waals surface area contributed by atoms with Gasteiger partial charge < -0.3 is 14.5 Å². The first-order valence-corrected chi connectivity index (χ1v) is 8.29. The number of nitrogens with zero attached hydrogens (tertiary/aromatic N) is 2. The minimum absolute atomic E-state index is 0.103. The van der Waals surface area contributed by atoms with Crippen LogP contribution in [0.1, 0.15) is 25.7 Å². The predicted molar refractivity (Wildman–Crippen MR) is 85.2 cm³/mol. The normalized spacial score (nSPS) is 20.6. The molecule has 1 heterocycles. The van der Waals surface area contributed by atoms with Crippen LogP contribution in [0.4, 0.5) is 13.2 Å². The lowest BCUT2D eigenvalue weighted by molar-refractivity contribution is -0.184. The number of alkyl halides is 3. The third-order valence-corrected chi connectivity index (χ3v) is 4.26. The highest BCUT2D eigenvalue weighted by molar-refractivity contribution is 5.77. The van der Waals surface area contributed by atoms with Crippen molar-refractivity contribution in [1.82, 2.24) is 15.5 Å². The predicted octanol–water partition coefficient (Wildman–Crippen LogP) is 3.35. The minimum Gasteiger partial charge on any atom is -0.439 e. The second-order valence-electron chi connectivity index (χ2n) is 6.20.